The van der Waals surface area contributed by atoms with E-state index in [0.717, 1.165) is 43.6 Å². The van der Waals surface area contributed by atoms with Crippen LogP contribution >= 0.6 is 11.8 Å². The van der Waals surface area contributed by atoms with Gasteiger partial charge in [-0.1, -0.05) is 30.0 Å². The van der Waals surface area contributed by atoms with E-state index in [4.69, 9.17) is 4.99 Å². The van der Waals surface area contributed by atoms with E-state index < -0.39 is 0 Å². The molecule has 2 heterocycles. The monoisotopic (exact) mass is 368 g/mol. The molecule has 0 unspecified atom stereocenters. The molecule has 0 N–H and O–H groups in total. The summed E-state index contributed by atoms with van der Waals surface area (Å²) in [5, 5.41) is 1.16. The van der Waals surface area contributed by atoms with Crippen molar-refractivity contribution in [3.8, 4) is 0 Å². The Kier molecular flexibility index (Phi) is 6.95. The normalized spacial score (nSPS) is 14.0. The number of hydrogen-bond acceptors (Lipinski definition) is 5. The summed E-state index contributed by atoms with van der Waals surface area (Å²) in [6, 6.07) is 13.1. The number of nitrogens with zero attached hydrogens (tertiary/aromatic N) is 4. The molecular weight excluding hydrogens is 340 g/mol. The Bertz CT molecular complexity index is 696. The summed E-state index contributed by atoms with van der Waals surface area (Å²) in [6.45, 7) is 9.13. The Labute approximate surface area is 161 Å². The van der Waals surface area contributed by atoms with Gasteiger partial charge in [0.2, 0.25) is 0 Å². The summed E-state index contributed by atoms with van der Waals surface area (Å²) in [4.78, 5) is 13.8. The number of pyridine rings is 1. The van der Waals surface area contributed by atoms with E-state index in [-0.39, 0.29) is 0 Å². The fourth-order valence-electron chi connectivity index (χ4n) is 3.16. The first-order valence-corrected chi connectivity index (χ1v) is 10.4. The summed E-state index contributed by atoms with van der Waals surface area (Å²) < 4.78 is 0. The SMILES string of the molecule is CCN(CC)c1ccc(CN(Cc2cccnc2)C2=NCCCS2)cc1. The molecule has 0 saturated heterocycles. The van der Waals surface area contributed by atoms with Crippen molar-refractivity contribution in [2.75, 3.05) is 30.3 Å². The van der Waals surface area contributed by atoms with Crippen molar-refractivity contribution in [3.05, 3.63) is 59.9 Å². The number of hydrogen-bond donors (Lipinski definition) is 0. The maximum atomic E-state index is 4.77. The van der Waals surface area contributed by atoms with Crippen LogP contribution in [0.2, 0.25) is 0 Å². The minimum Gasteiger partial charge on any atom is -0.372 e. The second kappa shape index (κ2) is 9.62. The summed E-state index contributed by atoms with van der Waals surface area (Å²) in [5.74, 6) is 1.16. The lowest BCUT2D eigenvalue weighted by atomic mass is 10.1. The van der Waals surface area contributed by atoms with Gasteiger partial charge in [0.15, 0.2) is 5.17 Å². The number of anilines is 1. The van der Waals surface area contributed by atoms with Crippen molar-refractivity contribution in [2.24, 2.45) is 4.99 Å². The number of aromatic nitrogens is 1. The first-order valence-electron chi connectivity index (χ1n) is 9.45. The minimum atomic E-state index is 0.845. The van der Waals surface area contributed by atoms with Gasteiger partial charge in [-0.3, -0.25) is 9.98 Å². The van der Waals surface area contributed by atoms with Crippen LogP contribution in [0.5, 0.6) is 0 Å². The molecule has 5 heteroatoms. The highest BCUT2D eigenvalue weighted by Gasteiger charge is 2.16. The Balaban J connectivity index is 1.75. The molecule has 0 aliphatic carbocycles. The zero-order valence-corrected chi connectivity index (χ0v) is 16.6. The molecule has 2 aromatic rings. The van der Waals surface area contributed by atoms with Crippen molar-refractivity contribution >= 4 is 22.6 Å². The molecule has 0 atom stereocenters. The third kappa shape index (κ3) is 5.01. The van der Waals surface area contributed by atoms with Gasteiger partial charge >= 0.3 is 0 Å². The topological polar surface area (TPSA) is 31.7 Å². The molecule has 138 valence electrons. The second-order valence-corrected chi connectivity index (χ2v) is 7.48. The smallest absolute Gasteiger partial charge is 0.159 e. The van der Waals surface area contributed by atoms with Gasteiger partial charge in [0.25, 0.3) is 0 Å². The third-order valence-electron chi connectivity index (χ3n) is 4.59. The number of amidine groups is 1. The van der Waals surface area contributed by atoms with E-state index >= 15 is 0 Å². The molecule has 0 spiro atoms. The molecule has 3 rings (SSSR count). The van der Waals surface area contributed by atoms with Crippen LogP contribution in [0.15, 0.2) is 53.8 Å². The Hall–Kier alpha value is -2.01. The van der Waals surface area contributed by atoms with Crippen LogP contribution in [0.25, 0.3) is 0 Å². The zero-order chi connectivity index (χ0) is 18.2. The first-order chi connectivity index (χ1) is 12.8. The fourth-order valence-corrected chi connectivity index (χ4v) is 4.11. The van der Waals surface area contributed by atoms with Crippen LogP contribution in [0.1, 0.15) is 31.4 Å². The fraction of sp³-hybridized carbons (Fsp3) is 0.429. The lowest BCUT2D eigenvalue weighted by Crippen LogP contribution is -2.30. The average Bonchev–Trinajstić information content (AvgIpc) is 2.71. The lowest BCUT2D eigenvalue weighted by Gasteiger charge is -2.28. The Morgan fingerprint density at radius 1 is 0.962 bits per heavy atom. The van der Waals surface area contributed by atoms with E-state index in [0.29, 0.717) is 0 Å². The van der Waals surface area contributed by atoms with Crippen LogP contribution in [0, 0.1) is 0 Å². The summed E-state index contributed by atoms with van der Waals surface area (Å²) >= 11 is 1.87. The van der Waals surface area contributed by atoms with E-state index in [9.17, 15) is 0 Å². The molecule has 0 saturated carbocycles. The van der Waals surface area contributed by atoms with E-state index in [2.05, 4.69) is 59.0 Å². The maximum absolute atomic E-state index is 4.77. The van der Waals surface area contributed by atoms with Crippen molar-refractivity contribution in [1.29, 1.82) is 0 Å². The zero-order valence-electron chi connectivity index (χ0n) is 15.8. The van der Waals surface area contributed by atoms with Crippen molar-refractivity contribution in [1.82, 2.24) is 9.88 Å². The molecule has 1 aromatic carbocycles. The molecule has 0 radical (unpaired) electrons. The average molecular weight is 369 g/mol. The predicted molar refractivity (Wildman–Crippen MR) is 113 cm³/mol. The molecule has 26 heavy (non-hydrogen) atoms. The molecule has 0 bridgehead atoms. The quantitative estimate of drug-likeness (QED) is 0.724. The molecule has 4 nitrogen and oxygen atoms in total. The highest BCUT2D eigenvalue weighted by Crippen LogP contribution is 2.22. The first kappa shape index (κ1) is 18.8. The predicted octanol–water partition coefficient (Wildman–Crippen LogP) is 4.42. The van der Waals surface area contributed by atoms with Crippen molar-refractivity contribution < 1.29 is 0 Å². The minimum absolute atomic E-state index is 0.845. The highest BCUT2D eigenvalue weighted by atomic mass is 32.2. The molecule has 1 aliphatic rings. The summed E-state index contributed by atoms with van der Waals surface area (Å²) in [5.41, 5.74) is 3.83. The number of aliphatic imine (C=N–C) groups is 1. The highest BCUT2D eigenvalue weighted by molar-refractivity contribution is 8.13. The molecule has 1 aromatic heterocycles. The molecule has 0 fully saturated rings. The van der Waals surface area contributed by atoms with Crippen LogP contribution in [0.4, 0.5) is 5.69 Å². The lowest BCUT2D eigenvalue weighted by molar-refractivity contribution is 0.412. The van der Waals surface area contributed by atoms with Gasteiger partial charge < -0.3 is 9.80 Å². The van der Waals surface area contributed by atoms with Gasteiger partial charge in [-0.05, 0) is 49.6 Å². The van der Waals surface area contributed by atoms with Crippen LogP contribution in [-0.4, -0.2) is 40.4 Å². The molecular formula is C21H28N4S. The van der Waals surface area contributed by atoms with Crippen LogP contribution in [-0.2, 0) is 13.1 Å². The van der Waals surface area contributed by atoms with Gasteiger partial charge in [-0.15, -0.1) is 0 Å². The number of benzene rings is 1. The van der Waals surface area contributed by atoms with Crippen LogP contribution < -0.4 is 4.90 Å². The van der Waals surface area contributed by atoms with Gasteiger partial charge in [0.05, 0.1) is 0 Å². The van der Waals surface area contributed by atoms with Gasteiger partial charge in [0.1, 0.15) is 0 Å². The van der Waals surface area contributed by atoms with Crippen LogP contribution in [0.3, 0.4) is 0 Å². The van der Waals surface area contributed by atoms with Gasteiger partial charge in [-0.25, -0.2) is 0 Å². The standard InChI is InChI=1S/C21H28N4S/c1-3-24(4-2)20-10-8-18(9-11-20)16-25(21-23-13-6-14-26-21)17-19-7-5-12-22-15-19/h5,7-12,15H,3-4,6,13-14,16-17H2,1-2H3. The second-order valence-electron chi connectivity index (χ2n) is 6.42. The summed E-state index contributed by atoms with van der Waals surface area (Å²) in [6.07, 6.45) is 4.95. The van der Waals surface area contributed by atoms with E-state index in [1.165, 1.54) is 23.2 Å². The van der Waals surface area contributed by atoms with E-state index in [1.807, 2.05) is 30.2 Å². The van der Waals surface area contributed by atoms with Crippen molar-refractivity contribution in [3.63, 3.8) is 0 Å². The third-order valence-corrected chi connectivity index (χ3v) is 5.72. The maximum Gasteiger partial charge on any atom is 0.159 e. The van der Waals surface area contributed by atoms with Crippen molar-refractivity contribution in [2.45, 2.75) is 33.4 Å². The number of rotatable bonds is 7. The van der Waals surface area contributed by atoms with Gasteiger partial charge in [0, 0.05) is 56.6 Å². The molecule has 0 amide bonds. The van der Waals surface area contributed by atoms with E-state index in [1.54, 1.807) is 0 Å². The Morgan fingerprint density at radius 3 is 2.35 bits per heavy atom. The largest absolute Gasteiger partial charge is 0.372 e. The molecule has 1 aliphatic heterocycles. The van der Waals surface area contributed by atoms with Gasteiger partial charge in [-0.2, -0.15) is 0 Å². The Morgan fingerprint density at radius 2 is 1.73 bits per heavy atom. The summed E-state index contributed by atoms with van der Waals surface area (Å²) in [7, 11) is 0. The number of thioether (sulfide) groups is 1.